The van der Waals surface area contributed by atoms with Gasteiger partial charge in [-0.25, -0.2) is 13.2 Å². The van der Waals surface area contributed by atoms with Crippen LogP contribution in [0.25, 0.3) is 0 Å². The second-order valence-electron chi connectivity index (χ2n) is 5.19. The van der Waals surface area contributed by atoms with Crippen molar-refractivity contribution in [1.29, 1.82) is 0 Å². The maximum atomic E-state index is 12.4. The number of likely N-dealkylation sites (N-methyl/N-ethyl adjacent to an activating group) is 2. The number of nitrogens with zero attached hydrogens (tertiary/aromatic N) is 3. The largest absolute Gasteiger partial charge is 0.477 e. The Morgan fingerprint density at radius 1 is 1.29 bits per heavy atom. The lowest BCUT2D eigenvalue weighted by Crippen LogP contribution is -2.33. The smallest absolute Gasteiger partial charge is 0.352 e. The Morgan fingerprint density at radius 3 is 2.38 bits per heavy atom. The van der Waals surface area contributed by atoms with Crippen LogP contribution in [0.2, 0.25) is 0 Å². The molecule has 1 aromatic rings. The van der Waals surface area contributed by atoms with Gasteiger partial charge in [0.1, 0.15) is 10.6 Å². The van der Waals surface area contributed by atoms with E-state index in [1.807, 2.05) is 25.9 Å². The van der Waals surface area contributed by atoms with E-state index >= 15 is 0 Å². The van der Waals surface area contributed by atoms with Crippen LogP contribution in [0.4, 0.5) is 0 Å². The van der Waals surface area contributed by atoms with Crippen molar-refractivity contribution in [2.45, 2.75) is 24.8 Å². The van der Waals surface area contributed by atoms with Crippen LogP contribution in [0.3, 0.4) is 0 Å². The first-order valence-corrected chi connectivity index (χ1v) is 8.18. The number of carbonyl (C=O) groups is 1. The average molecular weight is 317 g/mol. The average Bonchev–Trinajstić information content (AvgIpc) is 2.81. The third-order valence-corrected chi connectivity index (χ3v) is 4.95. The number of carboxylic acids is 1. The van der Waals surface area contributed by atoms with Crippen molar-refractivity contribution >= 4 is 16.0 Å². The molecule has 0 unspecified atom stereocenters. The summed E-state index contributed by atoms with van der Waals surface area (Å²) < 4.78 is 27.6. The Hall–Kier alpha value is -1.38. The molecule has 0 aliphatic rings. The molecule has 0 fully saturated rings. The lowest BCUT2D eigenvalue weighted by molar-refractivity contribution is 0.0685. The first kappa shape index (κ1) is 17.7. The molecule has 0 amide bonds. The van der Waals surface area contributed by atoms with E-state index in [-0.39, 0.29) is 10.6 Å². The summed E-state index contributed by atoms with van der Waals surface area (Å²) in [5.74, 6) is -1.12. The van der Waals surface area contributed by atoms with Gasteiger partial charge in [0.15, 0.2) is 0 Å². The van der Waals surface area contributed by atoms with E-state index in [9.17, 15) is 13.2 Å². The van der Waals surface area contributed by atoms with Gasteiger partial charge in [-0.05, 0) is 26.6 Å². The molecular formula is C13H23N3O4S. The van der Waals surface area contributed by atoms with Crippen LogP contribution in [0.15, 0.2) is 17.2 Å². The maximum absolute atomic E-state index is 12.4. The summed E-state index contributed by atoms with van der Waals surface area (Å²) in [5, 5.41) is 9.15. The van der Waals surface area contributed by atoms with E-state index in [4.69, 9.17) is 5.11 Å². The highest BCUT2D eigenvalue weighted by Crippen LogP contribution is 2.18. The van der Waals surface area contributed by atoms with E-state index in [2.05, 4.69) is 0 Å². The predicted molar refractivity (Wildman–Crippen MR) is 80.1 cm³/mol. The lowest BCUT2D eigenvalue weighted by Gasteiger charge is -2.18. The number of aromatic carboxylic acids is 1. The normalized spacial score (nSPS) is 12.3. The molecule has 1 N–H and O–H groups in total. The Labute approximate surface area is 125 Å². The van der Waals surface area contributed by atoms with E-state index in [1.165, 1.54) is 28.2 Å². The molecule has 0 bridgehead atoms. The van der Waals surface area contributed by atoms with Gasteiger partial charge < -0.3 is 14.6 Å². The van der Waals surface area contributed by atoms with E-state index < -0.39 is 16.0 Å². The van der Waals surface area contributed by atoms with Gasteiger partial charge in [0.2, 0.25) is 10.0 Å². The number of rotatable bonds is 8. The molecule has 0 spiro atoms. The van der Waals surface area contributed by atoms with Crippen LogP contribution >= 0.6 is 0 Å². The fourth-order valence-electron chi connectivity index (χ4n) is 1.87. The van der Waals surface area contributed by atoms with Crippen molar-refractivity contribution in [3.8, 4) is 0 Å². The Bertz CT molecular complexity index is 593. The Balaban J connectivity index is 3.08. The van der Waals surface area contributed by atoms with Gasteiger partial charge in [-0.1, -0.05) is 6.92 Å². The highest BCUT2D eigenvalue weighted by atomic mass is 32.2. The van der Waals surface area contributed by atoms with Gasteiger partial charge in [-0.2, -0.15) is 4.31 Å². The van der Waals surface area contributed by atoms with E-state index in [0.29, 0.717) is 19.6 Å². The molecule has 0 aromatic carbocycles. The molecule has 7 nitrogen and oxygen atoms in total. The summed E-state index contributed by atoms with van der Waals surface area (Å²) >= 11 is 0. The molecule has 1 heterocycles. The third kappa shape index (κ3) is 4.29. The summed E-state index contributed by atoms with van der Waals surface area (Å²) in [4.78, 5) is 13.1. The Morgan fingerprint density at radius 2 is 1.90 bits per heavy atom. The van der Waals surface area contributed by atoms with Crippen LogP contribution < -0.4 is 0 Å². The maximum Gasteiger partial charge on any atom is 0.352 e. The van der Waals surface area contributed by atoms with E-state index in [1.54, 1.807) is 0 Å². The van der Waals surface area contributed by atoms with Crippen LogP contribution in [-0.2, 0) is 16.6 Å². The van der Waals surface area contributed by atoms with Crippen molar-refractivity contribution in [3.05, 3.63) is 18.0 Å². The zero-order valence-electron chi connectivity index (χ0n) is 12.9. The third-order valence-electron chi connectivity index (χ3n) is 3.13. The molecule has 0 atom stereocenters. The van der Waals surface area contributed by atoms with Crippen LogP contribution in [0, 0.1) is 0 Å². The molecule has 21 heavy (non-hydrogen) atoms. The minimum absolute atomic E-state index is 0.00330. The van der Waals surface area contributed by atoms with Crippen molar-refractivity contribution in [1.82, 2.24) is 13.8 Å². The van der Waals surface area contributed by atoms with Crippen LogP contribution in [0.1, 0.15) is 23.8 Å². The standard InChI is InChI=1S/C13H23N3O4S/c1-5-6-16-10-11(9-12(16)13(17)18)21(19,20)15(4)8-7-14(2)3/h9-10H,5-8H2,1-4H3,(H,17,18). The van der Waals surface area contributed by atoms with Gasteiger partial charge >= 0.3 is 5.97 Å². The quantitative estimate of drug-likeness (QED) is 0.766. The number of hydrogen-bond acceptors (Lipinski definition) is 4. The predicted octanol–water partition coefficient (Wildman–Crippen LogP) is 0.778. The van der Waals surface area contributed by atoms with Crippen LogP contribution in [-0.4, -0.2) is 67.5 Å². The van der Waals surface area contributed by atoms with Gasteiger partial charge in [0.25, 0.3) is 0 Å². The molecule has 120 valence electrons. The molecule has 1 aromatic heterocycles. The van der Waals surface area contributed by atoms with Gasteiger partial charge in [-0.3, -0.25) is 0 Å². The monoisotopic (exact) mass is 317 g/mol. The molecule has 8 heteroatoms. The molecule has 1 rings (SSSR count). The van der Waals surface area contributed by atoms with Crippen LogP contribution in [0.5, 0.6) is 0 Å². The zero-order valence-corrected chi connectivity index (χ0v) is 13.7. The SMILES string of the molecule is CCCn1cc(S(=O)(=O)N(C)CCN(C)C)cc1C(=O)O. The zero-order chi connectivity index (χ0) is 16.2. The number of carboxylic acid groups (broad SMARTS) is 1. The second-order valence-corrected chi connectivity index (χ2v) is 7.23. The summed E-state index contributed by atoms with van der Waals surface area (Å²) in [6.45, 7) is 3.31. The van der Waals surface area contributed by atoms with Gasteiger partial charge in [0, 0.05) is 32.9 Å². The molecule has 0 aliphatic carbocycles. The molecule has 0 saturated carbocycles. The van der Waals surface area contributed by atoms with Gasteiger partial charge in [-0.15, -0.1) is 0 Å². The molecular weight excluding hydrogens is 294 g/mol. The Kier molecular flexibility index (Phi) is 5.94. The molecule has 0 radical (unpaired) electrons. The lowest BCUT2D eigenvalue weighted by atomic mass is 10.4. The number of hydrogen-bond donors (Lipinski definition) is 1. The second kappa shape index (κ2) is 7.06. The topological polar surface area (TPSA) is 82.9 Å². The van der Waals surface area contributed by atoms with Crippen molar-refractivity contribution in [2.24, 2.45) is 0 Å². The number of aromatic nitrogens is 1. The fourth-order valence-corrected chi connectivity index (χ4v) is 3.07. The van der Waals surface area contributed by atoms with E-state index in [0.717, 1.165) is 6.42 Å². The highest BCUT2D eigenvalue weighted by Gasteiger charge is 2.25. The molecule has 0 aliphatic heterocycles. The summed E-state index contributed by atoms with van der Waals surface area (Å²) in [5.41, 5.74) is -0.00330. The minimum Gasteiger partial charge on any atom is -0.477 e. The number of sulfonamides is 1. The summed E-state index contributed by atoms with van der Waals surface area (Å²) in [7, 11) is 1.55. The summed E-state index contributed by atoms with van der Waals surface area (Å²) in [6.07, 6.45) is 2.12. The highest BCUT2D eigenvalue weighted by molar-refractivity contribution is 7.89. The summed E-state index contributed by atoms with van der Waals surface area (Å²) in [6, 6.07) is 1.22. The fraction of sp³-hybridized carbons (Fsp3) is 0.615. The van der Waals surface area contributed by atoms with Crippen molar-refractivity contribution < 1.29 is 18.3 Å². The van der Waals surface area contributed by atoms with Crippen molar-refractivity contribution in [2.75, 3.05) is 34.2 Å². The van der Waals surface area contributed by atoms with Gasteiger partial charge in [0.05, 0.1) is 0 Å². The van der Waals surface area contributed by atoms with Crippen molar-refractivity contribution in [3.63, 3.8) is 0 Å². The first-order valence-electron chi connectivity index (χ1n) is 6.74. The first-order chi connectivity index (χ1) is 9.70. The number of aryl methyl sites for hydroxylation is 1. The molecule has 0 saturated heterocycles. The minimum atomic E-state index is -3.67.